The molecule has 0 saturated carbocycles. The van der Waals surface area contributed by atoms with E-state index in [1.54, 1.807) is 18.3 Å². The van der Waals surface area contributed by atoms with E-state index in [1.807, 2.05) is 0 Å². The van der Waals surface area contributed by atoms with Crippen molar-refractivity contribution < 1.29 is 9.47 Å². The summed E-state index contributed by atoms with van der Waals surface area (Å²) in [6.45, 7) is 1.26. The van der Waals surface area contributed by atoms with Crippen LogP contribution in [0.1, 0.15) is 0 Å². The van der Waals surface area contributed by atoms with E-state index in [9.17, 15) is 0 Å². The zero-order valence-electron chi connectivity index (χ0n) is 6.37. The van der Waals surface area contributed by atoms with Gasteiger partial charge in [0.05, 0.1) is 13.2 Å². The summed E-state index contributed by atoms with van der Waals surface area (Å²) < 4.78 is 10.4. The molecule has 0 bridgehead atoms. The number of pyridine rings is 1. The minimum Gasteiger partial charge on any atom is -0.468 e. The molecule has 4 heteroatoms. The molecule has 0 N–H and O–H groups in total. The second-order valence-corrected chi connectivity index (χ2v) is 2.97. The van der Waals surface area contributed by atoms with Gasteiger partial charge in [0.15, 0.2) is 0 Å². The predicted octanol–water partition coefficient (Wildman–Crippen LogP) is 1.51. The van der Waals surface area contributed by atoms with Crippen LogP contribution >= 0.6 is 11.6 Å². The number of halogens is 1. The van der Waals surface area contributed by atoms with Crippen LogP contribution in [0.2, 0.25) is 5.02 Å². The quantitative estimate of drug-likeness (QED) is 0.700. The smallest absolute Gasteiger partial charge is 0.232 e. The van der Waals surface area contributed by atoms with Crippen molar-refractivity contribution in [2.45, 2.75) is 6.10 Å². The summed E-state index contributed by atoms with van der Waals surface area (Å²) >= 11 is 5.82. The molecular weight excluding hydrogens is 178 g/mol. The Morgan fingerprint density at radius 2 is 2.42 bits per heavy atom. The highest BCUT2D eigenvalue weighted by atomic mass is 35.5. The lowest BCUT2D eigenvalue weighted by atomic mass is 10.3. The summed E-state index contributed by atoms with van der Waals surface area (Å²) in [5.74, 6) is 0.493. The summed E-state index contributed by atoms with van der Waals surface area (Å²) in [6.07, 6.45) is 1.78. The van der Waals surface area contributed by atoms with Gasteiger partial charge in [0, 0.05) is 6.20 Å². The monoisotopic (exact) mass is 185 g/mol. The Bertz CT molecular complexity index is 276. The standard InChI is InChI=1S/C8H8ClNO2/c9-7-2-1-3-10-8(7)12-6-4-11-5-6/h1-3,6H,4-5H2. The summed E-state index contributed by atoms with van der Waals surface area (Å²) in [6, 6.07) is 3.52. The van der Waals surface area contributed by atoms with Crippen molar-refractivity contribution >= 4 is 11.6 Å². The fourth-order valence-corrected chi connectivity index (χ4v) is 1.06. The van der Waals surface area contributed by atoms with Gasteiger partial charge >= 0.3 is 0 Å². The van der Waals surface area contributed by atoms with Crippen LogP contribution in [0.15, 0.2) is 18.3 Å². The van der Waals surface area contributed by atoms with Crippen molar-refractivity contribution in [3.8, 4) is 5.88 Å². The van der Waals surface area contributed by atoms with Crippen LogP contribution in [0.5, 0.6) is 5.88 Å². The second kappa shape index (κ2) is 3.29. The van der Waals surface area contributed by atoms with Gasteiger partial charge in [-0.05, 0) is 12.1 Å². The molecule has 1 saturated heterocycles. The minimum atomic E-state index is 0.123. The average molecular weight is 186 g/mol. The number of ether oxygens (including phenoxy) is 2. The zero-order chi connectivity index (χ0) is 8.39. The Kier molecular flexibility index (Phi) is 2.15. The first-order valence-electron chi connectivity index (χ1n) is 3.71. The van der Waals surface area contributed by atoms with Crippen molar-refractivity contribution in [3.63, 3.8) is 0 Å². The van der Waals surface area contributed by atoms with Crippen molar-refractivity contribution in [2.75, 3.05) is 13.2 Å². The van der Waals surface area contributed by atoms with Gasteiger partial charge in [-0.3, -0.25) is 0 Å². The number of hydrogen-bond acceptors (Lipinski definition) is 3. The molecule has 64 valence electrons. The first-order chi connectivity index (χ1) is 5.86. The third-order valence-corrected chi connectivity index (χ3v) is 1.90. The van der Waals surface area contributed by atoms with Gasteiger partial charge in [0.25, 0.3) is 0 Å². The first kappa shape index (κ1) is 7.83. The van der Waals surface area contributed by atoms with E-state index in [4.69, 9.17) is 21.1 Å². The number of nitrogens with zero attached hydrogens (tertiary/aromatic N) is 1. The van der Waals surface area contributed by atoms with Crippen LogP contribution in [-0.2, 0) is 4.74 Å². The van der Waals surface area contributed by atoms with Crippen LogP contribution in [0, 0.1) is 0 Å². The molecule has 2 heterocycles. The highest BCUT2D eigenvalue weighted by Crippen LogP contribution is 2.22. The Morgan fingerprint density at radius 1 is 1.58 bits per heavy atom. The molecule has 0 atom stereocenters. The average Bonchev–Trinajstić information content (AvgIpc) is 2.00. The summed E-state index contributed by atoms with van der Waals surface area (Å²) in [5.41, 5.74) is 0. The number of rotatable bonds is 2. The fourth-order valence-electron chi connectivity index (χ4n) is 0.898. The molecule has 12 heavy (non-hydrogen) atoms. The van der Waals surface area contributed by atoms with E-state index >= 15 is 0 Å². The Labute approximate surface area is 75.3 Å². The SMILES string of the molecule is Clc1cccnc1OC1COC1. The molecule has 0 aromatic carbocycles. The van der Waals surface area contributed by atoms with Gasteiger partial charge in [0.1, 0.15) is 11.1 Å². The highest BCUT2D eigenvalue weighted by Gasteiger charge is 2.21. The minimum absolute atomic E-state index is 0.123. The fraction of sp³-hybridized carbons (Fsp3) is 0.375. The molecule has 3 nitrogen and oxygen atoms in total. The Morgan fingerprint density at radius 3 is 3.00 bits per heavy atom. The first-order valence-corrected chi connectivity index (χ1v) is 4.09. The third kappa shape index (κ3) is 1.52. The Balaban J connectivity index is 2.06. The van der Waals surface area contributed by atoms with E-state index in [0.717, 1.165) is 0 Å². The molecule has 1 aliphatic rings. The molecule has 0 unspecified atom stereocenters. The van der Waals surface area contributed by atoms with Crippen LogP contribution in [0.25, 0.3) is 0 Å². The van der Waals surface area contributed by atoms with Gasteiger partial charge in [-0.15, -0.1) is 0 Å². The maximum Gasteiger partial charge on any atom is 0.232 e. The van der Waals surface area contributed by atoms with E-state index in [-0.39, 0.29) is 6.10 Å². The van der Waals surface area contributed by atoms with E-state index in [0.29, 0.717) is 24.1 Å². The van der Waals surface area contributed by atoms with E-state index in [2.05, 4.69) is 4.98 Å². The molecule has 1 aromatic heterocycles. The van der Waals surface area contributed by atoms with E-state index in [1.165, 1.54) is 0 Å². The molecule has 0 spiro atoms. The predicted molar refractivity (Wildman–Crippen MR) is 44.5 cm³/mol. The maximum atomic E-state index is 5.82. The summed E-state index contributed by atoms with van der Waals surface area (Å²) in [5, 5.41) is 0.546. The lowest BCUT2D eigenvalue weighted by Gasteiger charge is -2.26. The second-order valence-electron chi connectivity index (χ2n) is 2.57. The molecule has 1 aromatic rings. The molecule has 1 fully saturated rings. The topological polar surface area (TPSA) is 31.4 Å². The maximum absolute atomic E-state index is 5.82. The summed E-state index contributed by atoms with van der Waals surface area (Å²) in [4.78, 5) is 3.99. The van der Waals surface area contributed by atoms with Crippen molar-refractivity contribution in [1.82, 2.24) is 4.98 Å². The van der Waals surface area contributed by atoms with Gasteiger partial charge in [-0.2, -0.15) is 0 Å². The van der Waals surface area contributed by atoms with Crippen molar-refractivity contribution in [2.24, 2.45) is 0 Å². The lowest BCUT2D eigenvalue weighted by Crippen LogP contribution is -2.38. The molecular formula is C8H8ClNO2. The third-order valence-electron chi connectivity index (χ3n) is 1.61. The highest BCUT2D eigenvalue weighted by molar-refractivity contribution is 6.31. The largest absolute Gasteiger partial charge is 0.468 e. The van der Waals surface area contributed by atoms with Crippen LogP contribution < -0.4 is 4.74 Å². The van der Waals surface area contributed by atoms with Crippen LogP contribution in [-0.4, -0.2) is 24.3 Å². The van der Waals surface area contributed by atoms with Gasteiger partial charge < -0.3 is 9.47 Å². The molecule has 0 amide bonds. The van der Waals surface area contributed by atoms with Gasteiger partial charge in [-0.25, -0.2) is 4.98 Å². The Hall–Kier alpha value is -0.800. The van der Waals surface area contributed by atoms with Crippen LogP contribution in [0.4, 0.5) is 0 Å². The molecule has 2 rings (SSSR count). The lowest BCUT2D eigenvalue weighted by molar-refractivity contribution is -0.0812. The summed E-state index contributed by atoms with van der Waals surface area (Å²) in [7, 11) is 0. The normalized spacial score (nSPS) is 17.1. The number of aromatic nitrogens is 1. The molecule has 1 aliphatic heterocycles. The molecule has 0 aliphatic carbocycles. The zero-order valence-corrected chi connectivity index (χ0v) is 7.12. The van der Waals surface area contributed by atoms with Crippen LogP contribution in [0.3, 0.4) is 0 Å². The molecule has 0 radical (unpaired) electrons. The van der Waals surface area contributed by atoms with E-state index < -0.39 is 0 Å². The van der Waals surface area contributed by atoms with Crippen molar-refractivity contribution in [3.05, 3.63) is 23.4 Å². The van der Waals surface area contributed by atoms with Gasteiger partial charge in [0.2, 0.25) is 5.88 Å². The van der Waals surface area contributed by atoms with Gasteiger partial charge in [-0.1, -0.05) is 11.6 Å². The number of hydrogen-bond donors (Lipinski definition) is 0. The van der Waals surface area contributed by atoms with Crippen molar-refractivity contribution in [1.29, 1.82) is 0 Å².